The number of anilines is 1. The molecule has 1 fully saturated rings. The number of hydrogen-bond donors (Lipinski definition) is 4. The third-order valence-electron chi connectivity index (χ3n) is 5.53. The van der Waals surface area contributed by atoms with Crippen LogP contribution in [0, 0.1) is 0 Å². The normalized spacial score (nSPS) is 16.5. The summed E-state index contributed by atoms with van der Waals surface area (Å²) in [6.45, 7) is 2.20. The van der Waals surface area contributed by atoms with Gasteiger partial charge in [0.15, 0.2) is 5.82 Å². The molecular weight excluding hydrogens is 453 g/mol. The fraction of sp³-hybridized carbons (Fsp3) is 0.348. The first-order valence-corrected chi connectivity index (χ1v) is 10.6. The highest BCUT2D eigenvalue weighted by Crippen LogP contribution is 2.38. The first-order chi connectivity index (χ1) is 16.3. The second-order valence-corrected chi connectivity index (χ2v) is 7.79. The van der Waals surface area contributed by atoms with E-state index in [1.165, 1.54) is 6.07 Å². The summed E-state index contributed by atoms with van der Waals surface area (Å²) in [5, 5.41) is 39.8. The van der Waals surface area contributed by atoms with Gasteiger partial charge in [-0.05, 0) is 37.6 Å². The van der Waals surface area contributed by atoms with Crippen molar-refractivity contribution in [3.8, 4) is 17.0 Å². The van der Waals surface area contributed by atoms with Crippen molar-refractivity contribution in [2.45, 2.75) is 25.1 Å². The van der Waals surface area contributed by atoms with Gasteiger partial charge in [-0.1, -0.05) is 24.3 Å². The zero-order valence-corrected chi connectivity index (χ0v) is 18.2. The molecule has 0 radical (unpaired) electrons. The van der Waals surface area contributed by atoms with Gasteiger partial charge in [0.1, 0.15) is 11.4 Å². The SMILES string of the molecule is O=CO.OCCN1CCC[C@@H](Nc2nnc(-c3ccc(C(F)(F)F)cc3O)c3ccccc23)C1. The first-order valence-electron chi connectivity index (χ1n) is 10.6. The van der Waals surface area contributed by atoms with Gasteiger partial charge >= 0.3 is 6.18 Å². The summed E-state index contributed by atoms with van der Waals surface area (Å²) in [4.78, 5) is 10.5. The van der Waals surface area contributed by atoms with E-state index in [0.717, 1.165) is 37.4 Å². The second-order valence-electron chi connectivity index (χ2n) is 7.79. The molecule has 11 heteroatoms. The van der Waals surface area contributed by atoms with Crippen molar-refractivity contribution in [2.75, 3.05) is 31.6 Å². The van der Waals surface area contributed by atoms with Crippen LogP contribution < -0.4 is 5.32 Å². The molecule has 1 aliphatic rings. The number of aromatic nitrogens is 2. The summed E-state index contributed by atoms with van der Waals surface area (Å²) in [7, 11) is 0. The van der Waals surface area contributed by atoms with Crippen LogP contribution in [0.3, 0.4) is 0 Å². The first kappa shape index (κ1) is 25.2. The zero-order chi connectivity index (χ0) is 24.7. The number of rotatable bonds is 5. The molecule has 1 aliphatic heterocycles. The Labute approximate surface area is 193 Å². The summed E-state index contributed by atoms with van der Waals surface area (Å²) in [5.41, 5.74) is -0.415. The highest BCUT2D eigenvalue weighted by Gasteiger charge is 2.31. The molecule has 2 heterocycles. The molecule has 2 aromatic carbocycles. The molecule has 1 atom stereocenters. The van der Waals surface area contributed by atoms with Gasteiger partial charge in [-0.3, -0.25) is 9.69 Å². The van der Waals surface area contributed by atoms with Crippen LogP contribution in [0.1, 0.15) is 18.4 Å². The number of hydrogen-bond acceptors (Lipinski definition) is 7. The number of phenolic OH excluding ortho intramolecular Hbond substituents is 1. The number of phenols is 1. The van der Waals surface area contributed by atoms with Crippen molar-refractivity contribution in [1.29, 1.82) is 0 Å². The van der Waals surface area contributed by atoms with Gasteiger partial charge in [-0.25, -0.2) is 0 Å². The highest BCUT2D eigenvalue weighted by atomic mass is 19.4. The van der Waals surface area contributed by atoms with E-state index in [4.69, 9.17) is 9.90 Å². The number of aliphatic hydroxyl groups is 1. The molecule has 0 saturated carbocycles. The van der Waals surface area contributed by atoms with Crippen LogP contribution >= 0.6 is 0 Å². The molecule has 0 spiro atoms. The fourth-order valence-electron chi connectivity index (χ4n) is 4.03. The topological polar surface area (TPSA) is 119 Å². The average molecular weight is 478 g/mol. The van der Waals surface area contributed by atoms with E-state index in [9.17, 15) is 23.4 Å². The summed E-state index contributed by atoms with van der Waals surface area (Å²) in [6, 6.07) is 10.3. The van der Waals surface area contributed by atoms with E-state index in [1.54, 1.807) is 6.07 Å². The Morgan fingerprint density at radius 1 is 1.15 bits per heavy atom. The summed E-state index contributed by atoms with van der Waals surface area (Å²) >= 11 is 0. The summed E-state index contributed by atoms with van der Waals surface area (Å²) in [5.74, 6) is 0.0866. The van der Waals surface area contributed by atoms with Gasteiger partial charge in [0.25, 0.3) is 6.47 Å². The second kappa shape index (κ2) is 11.1. The lowest BCUT2D eigenvalue weighted by atomic mass is 10.0. The molecule has 4 rings (SSSR count). The molecule has 1 aromatic heterocycles. The van der Waals surface area contributed by atoms with E-state index in [0.29, 0.717) is 29.5 Å². The zero-order valence-electron chi connectivity index (χ0n) is 18.2. The number of likely N-dealkylation sites (tertiary alicyclic amines) is 1. The van der Waals surface area contributed by atoms with Crippen LogP contribution in [-0.4, -0.2) is 69.2 Å². The Balaban J connectivity index is 0.00000103. The van der Waals surface area contributed by atoms with Crippen LogP contribution in [0.5, 0.6) is 5.75 Å². The molecule has 0 unspecified atom stereocenters. The Morgan fingerprint density at radius 2 is 1.85 bits per heavy atom. The molecule has 3 aromatic rings. The lowest BCUT2D eigenvalue weighted by molar-refractivity contribution is -0.137. The third-order valence-corrected chi connectivity index (χ3v) is 5.53. The van der Waals surface area contributed by atoms with Crippen molar-refractivity contribution in [2.24, 2.45) is 0 Å². The summed E-state index contributed by atoms with van der Waals surface area (Å²) < 4.78 is 38.8. The predicted molar refractivity (Wildman–Crippen MR) is 121 cm³/mol. The Kier molecular flexibility index (Phi) is 8.24. The monoisotopic (exact) mass is 478 g/mol. The number of nitrogens with one attached hydrogen (secondary N) is 1. The number of carbonyl (C=O) groups is 1. The van der Waals surface area contributed by atoms with Crippen molar-refractivity contribution >= 4 is 23.1 Å². The molecule has 182 valence electrons. The predicted octanol–water partition coefficient (Wildman–Crippen LogP) is 3.59. The maximum Gasteiger partial charge on any atom is 0.416 e. The minimum absolute atomic E-state index is 0.112. The number of carboxylic acid groups (broad SMARTS) is 1. The van der Waals surface area contributed by atoms with Gasteiger partial charge in [0.2, 0.25) is 0 Å². The van der Waals surface area contributed by atoms with E-state index in [2.05, 4.69) is 20.4 Å². The van der Waals surface area contributed by atoms with Crippen LogP contribution in [0.25, 0.3) is 22.0 Å². The Bertz CT molecular complexity index is 1130. The third kappa shape index (κ3) is 5.91. The largest absolute Gasteiger partial charge is 0.507 e. The van der Waals surface area contributed by atoms with Gasteiger partial charge in [-0.2, -0.15) is 13.2 Å². The number of nitrogens with zero attached hydrogens (tertiary/aromatic N) is 3. The van der Waals surface area contributed by atoms with Crippen LogP contribution in [0.15, 0.2) is 42.5 Å². The minimum Gasteiger partial charge on any atom is -0.507 e. The molecule has 8 nitrogen and oxygen atoms in total. The quantitative estimate of drug-likeness (QED) is 0.411. The average Bonchev–Trinajstić information content (AvgIpc) is 2.80. The van der Waals surface area contributed by atoms with Gasteiger partial charge in [-0.15, -0.1) is 10.2 Å². The number of halogens is 3. The van der Waals surface area contributed by atoms with E-state index in [-0.39, 0.29) is 24.7 Å². The maximum absolute atomic E-state index is 12.9. The van der Waals surface area contributed by atoms with Gasteiger partial charge in [0.05, 0.1) is 12.2 Å². The smallest absolute Gasteiger partial charge is 0.416 e. The van der Waals surface area contributed by atoms with E-state index >= 15 is 0 Å². The van der Waals surface area contributed by atoms with Gasteiger partial charge in [0, 0.05) is 35.5 Å². The van der Waals surface area contributed by atoms with Crippen LogP contribution in [0.4, 0.5) is 19.0 Å². The number of alkyl halides is 3. The number of aromatic hydroxyl groups is 1. The lowest BCUT2D eigenvalue weighted by Gasteiger charge is -2.33. The molecule has 0 amide bonds. The maximum atomic E-state index is 12.9. The van der Waals surface area contributed by atoms with Crippen molar-refractivity contribution in [3.63, 3.8) is 0 Å². The molecule has 34 heavy (non-hydrogen) atoms. The molecular formula is C23H25F3N4O4. The number of piperidine rings is 1. The molecule has 0 aliphatic carbocycles. The molecule has 1 saturated heterocycles. The highest BCUT2D eigenvalue weighted by molar-refractivity contribution is 6.00. The van der Waals surface area contributed by atoms with Crippen LogP contribution in [-0.2, 0) is 11.0 Å². The van der Waals surface area contributed by atoms with E-state index < -0.39 is 17.5 Å². The number of β-amino-alcohol motifs (C(OH)–C–C–N with tert-alkyl or cyclic N) is 1. The van der Waals surface area contributed by atoms with Crippen molar-refractivity contribution < 1.29 is 33.3 Å². The van der Waals surface area contributed by atoms with Crippen molar-refractivity contribution in [1.82, 2.24) is 15.1 Å². The molecule has 0 bridgehead atoms. The standard InChI is InChI=1S/C22H23F3N4O2.CH2O2/c23-22(24,25)14-7-8-18(19(31)12-14)20-16-5-1-2-6-17(16)21(28-27-20)26-15-4-3-9-29(13-15)10-11-30;2-1-3/h1-2,5-8,12,15,30-31H,3-4,9-11,13H2,(H,26,28);1H,(H,2,3)/t15-;/m1./s1. The number of benzene rings is 2. The van der Waals surface area contributed by atoms with Crippen molar-refractivity contribution in [3.05, 3.63) is 48.0 Å². The Hall–Kier alpha value is -3.44. The van der Waals surface area contributed by atoms with Gasteiger partial charge < -0.3 is 20.6 Å². The van der Waals surface area contributed by atoms with E-state index in [1.807, 2.05) is 18.2 Å². The lowest BCUT2D eigenvalue weighted by Crippen LogP contribution is -2.43. The molecule has 4 N–H and O–H groups in total. The minimum atomic E-state index is -4.54. The fourth-order valence-corrected chi connectivity index (χ4v) is 4.03. The number of fused-ring (bicyclic) bond motifs is 1. The summed E-state index contributed by atoms with van der Waals surface area (Å²) in [6.07, 6.45) is -2.58. The number of aliphatic hydroxyl groups excluding tert-OH is 1. The Morgan fingerprint density at radius 3 is 2.50 bits per heavy atom. The van der Waals surface area contributed by atoms with Crippen LogP contribution in [0.2, 0.25) is 0 Å².